The van der Waals surface area contributed by atoms with Crippen LogP contribution in [0.4, 0.5) is 0 Å². The van der Waals surface area contributed by atoms with Gasteiger partial charge in [-0.1, -0.05) is 13.8 Å². The van der Waals surface area contributed by atoms with E-state index < -0.39 is 0 Å². The monoisotopic (exact) mass is 273 g/mol. The highest BCUT2D eigenvalue weighted by Crippen LogP contribution is 2.22. The molecule has 1 heterocycles. The molecule has 0 fully saturated rings. The summed E-state index contributed by atoms with van der Waals surface area (Å²) in [7, 11) is 3.66. The molecular formula is C16H23N3O. The Balaban J connectivity index is 2.48. The van der Waals surface area contributed by atoms with Gasteiger partial charge in [-0.3, -0.25) is 0 Å². The summed E-state index contributed by atoms with van der Waals surface area (Å²) in [6.45, 7) is 5.19. The van der Waals surface area contributed by atoms with Gasteiger partial charge in [-0.25, -0.2) is 4.68 Å². The largest absolute Gasteiger partial charge is 0.497 e. The van der Waals surface area contributed by atoms with Crippen LogP contribution in [0, 0.1) is 0 Å². The van der Waals surface area contributed by atoms with Crippen LogP contribution in [0.3, 0.4) is 0 Å². The highest BCUT2D eigenvalue weighted by Gasteiger charge is 2.15. The van der Waals surface area contributed by atoms with Crippen LogP contribution < -0.4 is 10.1 Å². The van der Waals surface area contributed by atoms with Crippen molar-refractivity contribution in [3.63, 3.8) is 0 Å². The zero-order chi connectivity index (χ0) is 14.5. The number of methoxy groups -OCH3 is 1. The summed E-state index contributed by atoms with van der Waals surface area (Å²) < 4.78 is 7.27. The number of benzene rings is 1. The third kappa shape index (κ3) is 2.70. The molecule has 0 saturated carbocycles. The fraction of sp³-hybridized carbons (Fsp3) is 0.438. The van der Waals surface area contributed by atoms with E-state index in [4.69, 9.17) is 9.84 Å². The molecule has 0 atom stereocenters. The molecule has 1 aromatic heterocycles. The van der Waals surface area contributed by atoms with Crippen LogP contribution >= 0.6 is 0 Å². The van der Waals surface area contributed by atoms with Crippen LogP contribution in [0.15, 0.2) is 24.3 Å². The average Bonchev–Trinajstić information content (AvgIpc) is 2.85. The zero-order valence-electron chi connectivity index (χ0n) is 12.7. The van der Waals surface area contributed by atoms with Crippen molar-refractivity contribution >= 4 is 0 Å². The summed E-state index contributed by atoms with van der Waals surface area (Å²) in [5.74, 6) is 0.866. The Labute approximate surface area is 120 Å². The maximum atomic E-state index is 5.21. The maximum absolute atomic E-state index is 5.21. The molecule has 0 aliphatic heterocycles. The Morgan fingerprint density at radius 3 is 2.35 bits per heavy atom. The van der Waals surface area contributed by atoms with Crippen LogP contribution in [0.2, 0.25) is 0 Å². The van der Waals surface area contributed by atoms with E-state index in [1.165, 1.54) is 17.0 Å². The predicted octanol–water partition coefficient (Wildman–Crippen LogP) is 2.73. The summed E-state index contributed by atoms with van der Waals surface area (Å²) in [5, 5.41) is 8.02. The lowest BCUT2D eigenvalue weighted by Crippen LogP contribution is -2.09. The van der Waals surface area contributed by atoms with Crippen molar-refractivity contribution in [3.8, 4) is 11.4 Å². The van der Waals surface area contributed by atoms with Gasteiger partial charge in [-0.05, 0) is 44.2 Å². The zero-order valence-corrected chi connectivity index (χ0v) is 12.7. The molecule has 0 unspecified atom stereocenters. The van der Waals surface area contributed by atoms with E-state index in [0.29, 0.717) is 0 Å². The Morgan fingerprint density at radius 1 is 1.15 bits per heavy atom. The third-order valence-corrected chi connectivity index (χ3v) is 3.51. The second-order valence-electron chi connectivity index (χ2n) is 4.72. The number of ether oxygens (including phenoxy) is 1. The van der Waals surface area contributed by atoms with Crippen LogP contribution in [0.5, 0.6) is 5.75 Å². The van der Waals surface area contributed by atoms with E-state index >= 15 is 0 Å². The van der Waals surface area contributed by atoms with Crippen LogP contribution in [-0.4, -0.2) is 23.9 Å². The molecule has 4 nitrogen and oxygen atoms in total. The first-order valence-electron chi connectivity index (χ1n) is 7.13. The lowest BCUT2D eigenvalue weighted by Gasteiger charge is -2.08. The highest BCUT2D eigenvalue weighted by molar-refractivity contribution is 5.41. The molecule has 1 N–H and O–H groups in total. The quantitative estimate of drug-likeness (QED) is 0.879. The van der Waals surface area contributed by atoms with E-state index in [1.807, 2.05) is 31.3 Å². The molecule has 0 aliphatic rings. The fourth-order valence-corrected chi connectivity index (χ4v) is 2.50. The summed E-state index contributed by atoms with van der Waals surface area (Å²) >= 11 is 0. The fourth-order valence-electron chi connectivity index (χ4n) is 2.50. The van der Waals surface area contributed by atoms with Crippen LogP contribution in [0.1, 0.15) is 30.8 Å². The first kappa shape index (κ1) is 14.6. The van der Waals surface area contributed by atoms with Crippen molar-refractivity contribution in [2.45, 2.75) is 33.2 Å². The Hall–Kier alpha value is -1.81. The Morgan fingerprint density at radius 2 is 1.85 bits per heavy atom. The number of hydrogen-bond acceptors (Lipinski definition) is 3. The van der Waals surface area contributed by atoms with E-state index in [1.54, 1.807) is 7.11 Å². The summed E-state index contributed by atoms with van der Waals surface area (Å²) in [6.07, 6.45) is 1.92. The van der Waals surface area contributed by atoms with E-state index in [2.05, 4.69) is 23.8 Å². The number of nitrogens with one attached hydrogen (secondary N) is 1. The normalized spacial score (nSPS) is 10.8. The second-order valence-corrected chi connectivity index (χ2v) is 4.72. The second kappa shape index (κ2) is 6.57. The lowest BCUT2D eigenvalue weighted by atomic mass is 10.1. The molecule has 0 bridgehead atoms. The van der Waals surface area contributed by atoms with Gasteiger partial charge in [-0.15, -0.1) is 0 Å². The number of aromatic nitrogens is 2. The SMILES string of the molecule is CCc1nn(-c2ccc(OC)cc2)c(CC)c1CNC. The molecule has 0 radical (unpaired) electrons. The summed E-state index contributed by atoms with van der Waals surface area (Å²) in [6, 6.07) is 8.04. The van der Waals surface area contributed by atoms with Crippen molar-refractivity contribution in [3.05, 3.63) is 41.2 Å². The standard InChI is InChI=1S/C16H23N3O/c1-5-15-14(11-17-3)16(6-2)19(18-15)12-7-9-13(20-4)10-8-12/h7-10,17H,5-6,11H2,1-4H3. The van der Waals surface area contributed by atoms with Gasteiger partial charge in [0.15, 0.2) is 0 Å². The van der Waals surface area contributed by atoms with Gasteiger partial charge < -0.3 is 10.1 Å². The minimum Gasteiger partial charge on any atom is -0.497 e. The van der Waals surface area contributed by atoms with Gasteiger partial charge in [0.1, 0.15) is 5.75 Å². The Kier molecular flexibility index (Phi) is 4.79. The van der Waals surface area contributed by atoms with Gasteiger partial charge in [0.05, 0.1) is 18.5 Å². The molecule has 2 aromatic rings. The molecule has 0 saturated heterocycles. The van der Waals surface area contributed by atoms with Crippen molar-refractivity contribution in [2.24, 2.45) is 0 Å². The third-order valence-electron chi connectivity index (χ3n) is 3.51. The molecule has 108 valence electrons. The van der Waals surface area contributed by atoms with Crippen molar-refractivity contribution in [1.82, 2.24) is 15.1 Å². The van der Waals surface area contributed by atoms with E-state index in [-0.39, 0.29) is 0 Å². The van der Waals surface area contributed by atoms with Crippen molar-refractivity contribution in [2.75, 3.05) is 14.2 Å². The molecule has 1 aromatic carbocycles. The number of rotatable bonds is 6. The van der Waals surface area contributed by atoms with Gasteiger partial charge >= 0.3 is 0 Å². The van der Waals surface area contributed by atoms with Gasteiger partial charge in [0, 0.05) is 17.8 Å². The van der Waals surface area contributed by atoms with Gasteiger partial charge in [0.25, 0.3) is 0 Å². The van der Waals surface area contributed by atoms with E-state index in [9.17, 15) is 0 Å². The molecule has 2 rings (SSSR count). The van der Waals surface area contributed by atoms with Gasteiger partial charge in [-0.2, -0.15) is 5.10 Å². The molecule has 0 aliphatic carbocycles. The van der Waals surface area contributed by atoms with Crippen molar-refractivity contribution in [1.29, 1.82) is 0 Å². The predicted molar refractivity (Wildman–Crippen MR) is 81.6 cm³/mol. The van der Waals surface area contributed by atoms with Crippen LogP contribution in [0.25, 0.3) is 5.69 Å². The number of aryl methyl sites for hydroxylation is 1. The van der Waals surface area contributed by atoms with E-state index in [0.717, 1.165) is 30.8 Å². The minimum absolute atomic E-state index is 0.864. The maximum Gasteiger partial charge on any atom is 0.119 e. The molecule has 4 heteroatoms. The van der Waals surface area contributed by atoms with Gasteiger partial charge in [0.2, 0.25) is 0 Å². The summed E-state index contributed by atoms with van der Waals surface area (Å²) in [4.78, 5) is 0. The molecule has 0 amide bonds. The lowest BCUT2D eigenvalue weighted by molar-refractivity contribution is 0.414. The van der Waals surface area contributed by atoms with Crippen molar-refractivity contribution < 1.29 is 4.74 Å². The van der Waals surface area contributed by atoms with Crippen LogP contribution in [-0.2, 0) is 19.4 Å². The topological polar surface area (TPSA) is 39.1 Å². The summed E-state index contributed by atoms with van der Waals surface area (Å²) in [5.41, 5.74) is 4.86. The number of nitrogens with zero attached hydrogens (tertiary/aromatic N) is 2. The molecule has 0 spiro atoms. The molecular weight excluding hydrogens is 250 g/mol. The highest BCUT2D eigenvalue weighted by atomic mass is 16.5. The number of hydrogen-bond donors (Lipinski definition) is 1. The molecule has 20 heavy (non-hydrogen) atoms. The smallest absolute Gasteiger partial charge is 0.119 e. The average molecular weight is 273 g/mol. The minimum atomic E-state index is 0.864. The first-order chi connectivity index (χ1) is 9.74. The Bertz CT molecular complexity index is 558. The first-order valence-corrected chi connectivity index (χ1v) is 7.13.